The summed E-state index contributed by atoms with van der Waals surface area (Å²) < 4.78 is 7.46. The maximum atomic E-state index is 12.7. The first-order valence-corrected chi connectivity index (χ1v) is 12.9. The number of hydrogen-bond donors (Lipinski definition) is 1. The summed E-state index contributed by atoms with van der Waals surface area (Å²) in [7, 11) is 0. The van der Waals surface area contributed by atoms with Gasteiger partial charge in [-0.25, -0.2) is 9.59 Å². The average molecular weight is 536 g/mol. The van der Waals surface area contributed by atoms with Gasteiger partial charge in [0.1, 0.15) is 0 Å². The van der Waals surface area contributed by atoms with Crippen LogP contribution in [0, 0.1) is 0 Å². The number of carbonyl (C=O) groups excluding carboxylic acids is 1. The molecule has 0 bridgehead atoms. The molecule has 200 valence electrons. The molecular weight excluding hydrogens is 502 g/mol. The monoisotopic (exact) mass is 535 g/mol. The Balaban J connectivity index is 0.00000336. The van der Waals surface area contributed by atoms with Crippen LogP contribution in [0.1, 0.15) is 36.6 Å². The topological polar surface area (TPSA) is 83.5 Å². The van der Waals surface area contributed by atoms with Crippen LogP contribution in [0.5, 0.6) is 0 Å². The molecule has 0 atom stereocenters. The standard InChI is InChI=1S/C29H33N5O3.ClH/c35-28-31-26-12-4-5-13-27(26)34(28)25-14-18-33(19-15-25)29(36)37-20-8-17-32(21-23-9-2-1-3-10-23)22-24-11-6-7-16-30-24;/h1-7,9-13,16,25H,8,14-15,17-22H2,(H,31,35);1H. The third-order valence-corrected chi connectivity index (χ3v) is 6.92. The molecule has 1 saturated heterocycles. The van der Waals surface area contributed by atoms with Gasteiger partial charge in [0.15, 0.2) is 0 Å². The zero-order chi connectivity index (χ0) is 25.5. The van der Waals surface area contributed by atoms with E-state index in [0.29, 0.717) is 19.7 Å². The molecule has 1 amide bonds. The van der Waals surface area contributed by atoms with E-state index in [-0.39, 0.29) is 30.2 Å². The van der Waals surface area contributed by atoms with Gasteiger partial charge in [-0.1, -0.05) is 48.5 Å². The highest BCUT2D eigenvalue weighted by Crippen LogP contribution is 2.25. The Morgan fingerprint density at radius 2 is 1.71 bits per heavy atom. The zero-order valence-electron chi connectivity index (χ0n) is 21.4. The first-order chi connectivity index (χ1) is 18.2. The lowest BCUT2D eigenvalue weighted by Gasteiger charge is -2.32. The molecule has 1 N–H and O–H groups in total. The van der Waals surface area contributed by atoms with Gasteiger partial charge in [-0.2, -0.15) is 0 Å². The van der Waals surface area contributed by atoms with Crippen molar-refractivity contribution < 1.29 is 9.53 Å². The molecule has 1 aliphatic heterocycles. The number of H-pyrrole nitrogens is 1. The number of para-hydroxylation sites is 2. The van der Waals surface area contributed by atoms with E-state index in [9.17, 15) is 9.59 Å². The molecule has 8 nitrogen and oxygen atoms in total. The van der Waals surface area contributed by atoms with Gasteiger partial charge in [0.2, 0.25) is 0 Å². The van der Waals surface area contributed by atoms with Crippen molar-refractivity contribution in [1.82, 2.24) is 24.3 Å². The number of benzene rings is 2. The lowest BCUT2D eigenvalue weighted by molar-refractivity contribution is 0.0840. The lowest BCUT2D eigenvalue weighted by atomic mass is 10.0. The number of likely N-dealkylation sites (tertiary alicyclic amines) is 1. The first kappa shape index (κ1) is 27.4. The molecule has 4 aromatic rings. The molecule has 0 spiro atoms. The van der Waals surface area contributed by atoms with Crippen LogP contribution in [-0.2, 0) is 17.8 Å². The van der Waals surface area contributed by atoms with E-state index in [1.54, 1.807) is 4.90 Å². The fourth-order valence-electron chi connectivity index (χ4n) is 5.06. The summed E-state index contributed by atoms with van der Waals surface area (Å²) in [6.45, 7) is 3.87. The fraction of sp³-hybridized carbons (Fsp3) is 0.345. The van der Waals surface area contributed by atoms with Crippen molar-refractivity contribution in [2.45, 2.75) is 38.4 Å². The minimum atomic E-state index is -0.274. The summed E-state index contributed by atoms with van der Waals surface area (Å²) in [6, 6.07) is 24.1. The van der Waals surface area contributed by atoms with Gasteiger partial charge in [-0.15, -0.1) is 12.4 Å². The number of nitrogens with one attached hydrogen (secondary N) is 1. The number of pyridine rings is 1. The summed E-state index contributed by atoms with van der Waals surface area (Å²) in [5.74, 6) is 0. The summed E-state index contributed by atoms with van der Waals surface area (Å²) in [4.78, 5) is 36.7. The summed E-state index contributed by atoms with van der Waals surface area (Å²) in [6.07, 6.45) is 3.74. The Hall–Kier alpha value is -3.62. The number of carbonyl (C=O) groups is 1. The van der Waals surface area contributed by atoms with Crippen molar-refractivity contribution in [2.75, 3.05) is 26.2 Å². The van der Waals surface area contributed by atoms with Gasteiger partial charge >= 0.3 is 11.8 Å². The van der Waals surface area contributed by atoms with Crippen molar-refractivity contribution in [3.8, 4) is 0 Å². The van der Waals surface area contributed by atoms with E-state index in [1.165, 1.54) is 5.56 Å². The van der Waals surface area contributed by atoms with Gasteiger partial charge in [-0.3, -0.25) is 14.5 Å². The summed E-state index contributed by atoms with van der Waals surface area (Å²) in [5.41, 5.74) is 3.94. The molecule has 38 heavy (non-hydrogen) atoms. The van der Waals surface area contributed by atoms with Gasteiger partial charge in [0.25, 0.3) is 0 Å². The smallest absolute Gasteiger partial charge is 0.409 e. The largest absolute Gasteiger partial charge is 0.449 e. The molecule has 1 aliphatic rings. The van der Waals surface area contributed by atoms with E-state index in [1.807, 2.05) is 71.4 Å². The van der Waals surface area contributed by atoms with Crippen molar-refractivity contribution >= 4 is 29.5 Å². The second-order valence-electron chi connectivity index (χ2n) is 9.52. The second-order valence-corrected chi connectivity index (χ2v) is 9.52. The molecule has 0 saturated carbocycles. The molecule has 2 aromatic carbocycles. The number of aromatic amines is 1. The van der Waals surface area contributed by atoms with Crippen LogP contribution in [0.2, 0.25) is 0 Å². The number of ether oxygens (including phenoxy) is 1. The Bertz CT molecular complexity index is 1310. The fourth-order valence-corrected chi connectivity index (χ4v) is 5.06. The number of fused-ring (bicyclic) bond motifs is 1. The zero-order valence-corrected chi connectivity index (χ0v) is 22.2. The Morgan fingerprint density at radius 1 is 0.974 bits per heavy atom. The van der Waals surface area contributed by atoms with Gasteiger partial charge < -0.3 is 14.6 Å². The Kier molecular flexibility index (Phi) is 9.56. The molecule has 0 unspecified atom stereocenters. The highest BCUT2D eigenvalue weighted by Gasteiger charge is 2.26. The minimum absolute atomic E-state index is 0. The second kappa shape index (κ2) is 13.3. The quantitative estimate of drug-likeness (QED) is 0.304. The number of amides is 1. The third kappa shape index (κ3) is 6.82. The van der Waals surface area contributed by atoms with E-state index in [0.717, 1.165) is 55.6 Å². The van der Waals surface area contributed by atoms with E-state index in [4.69, 9.17) is 4.74 Å². The van der Waals surface area contributed by atoms with E-state index < -0.39 is 0 Å². The maximum Gasteiger partial charge on any atom is 0.409 e. The van der Waals surface area contributed by atoms with E-state index in [2.05, 4.69) is 27.0 Å². The van der Waals surface area contributed by atoms with Crippen LogP contribution in [0.4, 0.5) is 4.79 Å². The van der Waals surface area contributed by atoms with Crippen LogP contribution >= 0.6 is 12.4 Å². The van der Waals surface area contributed by atoms with Crippen molar-refractivity contribution in [3.05, 3.63) is 101 Å². The summed E-state index contributed by atoms with van der Waals surface area (Å²) >= 11 is 0. The van der Waals surface area contributed by atoms with Crippen LogP contribution < -0.4 is 5.69 Å². The predicted octanol–water partition coefficient (Wildman–Crippen LogP) is 5.01. The molecular formula is C29H34ClN5O3. The number of hydrogen-bond acceptors (Lipinski definition) is 5. The number of piperidine rings is 1. The molecule has 1 fully saturated rings. The molecule has 0 radical (unpaired) electrons. The normalized spacial score (nSPS) is 14.0. The first-order valence-electron chi connectivity index (χ1n) is 12.9. The molecule has 0 aliphatic carbocycles. The molecule has 3 heterocycles. The predicted molar refractivity (Wildman–Crippen MR) is 150 cm³/mol. The van der Waals surface area contributed by atoms with Crippen LogP contribution in [-0.4, -0.2) is 56.7 Å². The maximum absolute atomic E-state index is 12.7. The lowest BCUT2D eigenvalue weighted by Crippen LogP contribution is -2.41. The van der Waals surface area contributed by atoms with Crippen molar-refractivity contribution in [1.29, 1.82) is 0 Å². The molecule has 2 aromatic heterocycles. The highest BCUT2D eigenvalue weighted by atomic mass is 35.5. The highest BCUT2D eigenvalue weighted by molar-refractivity contribution is 5.85. The minimum Gasteiger partial charge on any atom is -0.449 e. The Labute approximate surface area is 228 Å². The third-order valence-electron chi connectivity index (χ3n) is 6.92. The van der Waals surface area contributed by atoms with Crippen LogP contribution in [0.15, 0.2) is 83.8 Å². The van der Waals surface area contributed by atoms with Gasteiger partial charge in [0.05, 0.1) is 23.3 Å². The Morgan fingerprint density at radius 3 is 2.47 bits per heavy atom. The summed E-state index contributed by atoms with van der Waals surface area (Å²) in [5, 5.41) is 0. The average Bonchev–Trinajstić information content (AvgIpc) is 3.27. The molecule has 5 rings (SSSR count). The van der Waals surface area contributed by atoms with Crippen LogP contribution in [0.3, 0.4) is 0 Å². The number of imidazole rings is 1. The van der Waals surface area contributed by atoms with Gasteiger partial charge in [0, 0.05) is 45.0 Å². The van der Waals surface area contributed by atoms with E-state index >= 15 is 0 Å². The SMILES string of the molecule is Cl.O=C(OCCCN(Cc1ccccc1)Cc1ccccn1)N1CCC(n2c(=O)[nH]c3ccccc32)CC1. The van der Waals surface area contributed by atoms with Crippen molar-refractivity contribution in [2.24, 2.45) is 0 Å². The number of halogens is 1. The number of nitrogens with zero attached hydrogens (tertiary/aromatic N) is 4. The van der Waals surface area contributed by atoms with Crippen LogP contribution in [0.25, 0.3) is 11.0 Å². The number of rotatable bonds is 9. The van der Waals surface area contributed by atoms with Gasteiger partial charge in [-0.05, 0) is 49.1 Å². The molecule has 9 heteroatoms. The number of aromatic nitrogens is 3. The van der Waals surface area contributed by atoms with Crippen molar-refractivity contribution in [3.63, 3.8) is 0 Å².